The van der Waals surface area contributed by atoms with Crippen molar-refractivity contribution in [3.05, 3.63) is 88.4 Å². The molecule has 0 aromatic heterocycles. The minimum absolute atomic E-state index is 0.150. The highest BCUT2D eigenvalue weighted by atomic mass is 35.5. The van der Waals surface area contributed by atoms with Gasteiger partial charge in [0.1, 0.15) is 17.0 Å². The summed E-state index contributed by atoms with van der Waals surface area (Å²) in [6.07, 6.45) is 3.46. The van der Waals surface area contributed by atoms with Crippen molar-refractivity contribution in [2.45, 2.75) is 49.0 Å². The van der Waals surface area contributed by atoms with Crippen LogP contribution in [0.25, 0.3) is 0 Å². The number of aliphatic carboxylic acids is 1. The molecule has 0 unspecified atom stereocenters. The zero-order chi connectivity index (χ0) is 24.6. The quantitative estimate of drug-likeness (QED) is 0.415. The normalized spacial score (nSPS) is 25.2. The largest absolute Gasteiger partial charge is 0.497 e. The molecule has 0 heterocycles. The number of hydrogen-bond acceptors (Lipinski definition) is 4. The van der Waals surface area contributed by atoms with Gasteiger partial charge >= 0.3 is 5.97 Å². The summed E-state index contributed by atoms with van der Waals surface area (Å²) in [5.74, 6) is 0.924. The van der Waals surface area contributed by atoms with E-state index in [0.29, 0.717) is 17.9 Å². The first-order chi connectivity index (χ1) is 16.9. The molecule has 0 amide bonds. The number of hydrogen-bond donors (Lipinski definition) is 2. The molecule has 3 aromatic carbocycles. The van der Waals surface area contributed by atoms with Crippen molar-refractivity contribution in [2.24, 2.45) is 0 Å². The van der Waals surface area contributed by atoms with Crippen LogP contribution in [0.3, 0.4) is 0 Å². The average molecular weight is 492 g/mol. The number of halogens is 1. The smallest absolute Gasteiger partial charge is 0.329 e. The first-order valence-electron chi connectivity index (χ1n) is 12.0. The Morgan fingerprint density at radius 3 is 2.26 bits per heavy atom. The Labute approximate surface area is 211 Å². The maximum absolute atomic E-state index is 12.6. The van der Waals surface area contributed by atoms with Crippen LogP contribution in [-0.4, -0.2) is 30.8 Å². The lowest BCUT2D eigenvalue weighted by Crippen LogP contribution is -2.52. The van der Waals surface area contributed by atoms with Crippen LogP contribution in [0, 0.1) is 0 Å². The van der Waals surface area contributed by atoms with Gasteiger partial charge in [-0.05, 0) is 85.0 Å². The number of ether oxygens (including phenoxy) is 2. The zero-order valence-corrected chi connectivity index (χ0v) is 20.8. The number of anilines is 1. The van der Waals surface area contributed by atoms with Gasteiger partial charge in [-0.1, -0.05) is 41.9 Å². The second kappa shape index (κ2) is 9.12. The van der Waals surface area contributed by atoms with Crippen LogP contribution in [0.15, 0.2) is 66.7 Å². The molecule has 1 saturated carbocycles. The highest BCUT2D eigenvalue weighted by Gasteiger charge is 2.54. The number of benzene rings is 3. The molecule has 6 heteroatoms. The van der Waals surface area contributed by atoms with Gasteiger partial charge in [-0.3, -0.25) is 0 Å². The molecule has 2 N–H and O–H groups in total. The molecule has 0 bridgehead atoms. The lowest BCUT2D eigenvalue weighted by Gasteiger charge is -2.47. The van der Waals surface area contributed by atoms with Gasteiger partial charge in [0.15, 0.2) is 0 Å². The van der Waals surface area contributed by atoms with Crippen LogP contribution in [0.2, 0.25) is 5.02 Å². The second-order valence-corrected chi connectivity index (χ2v) is 10.2. The fourth-order valence-electron chi connectivity index (χ4n) is 6.23. The molecule has 1 atom stereocenters. The molecule has 182 valence electrons. The third-order valence-electron chi connectivity index (χ3n) is 8.03. The number of methoxy groups -OCH3 is 2. The van der Waals surface area contributed by atoms with Crippen molar-refractivity contribution in [1.82, 2.24) is 0 Å². The van der Waals surface area contributed by atoms with Crippen LogP contribution >= 0.6 is 11.6 Å². The van der Waals surface area contributed by atoms with E-state index in [0.717, 1.165) is 36.4 Å². The monoisotopic (exact) mass is 491 g/mol. The number of rotatable bonds is 6. The predicted octanol–water partition coefficient (Wildman–Crippen LogP) is 6.44. The van der Waals surface area contributed by atoms with Crippen molar-refractivity contribution in [3.63, 3.8) is 0 Å². The van der Waals surface area contributed by atoms with E-state index in [1.807, 2.05) is 18.2 Å². The molecule has 5 rings (SSSR count). The Morgan fingerprint density at radius 1 is 0.943 bits per heavy atom. The van der Waals surface area contributed by atoms with Crippen LogP contribution in [-0.2, 0) is 16.6 Å². The van der Waals surface area contributed by atoms with Gasteiger partial charge in [0.05, 0.1) is 14.2 Å². The summed E-state index contributed by atoms with van der Waals surface area (Å²) in [5, 5.41) is 14.3. The molecule has 0 radical (unpaired) electrons. The Kier molecular flexibility index (Phi) is 6.14. The fraction of sp³-hybridized carbons (Fsp3) is 0.345. The van der Waals surface area contributed by atoms with Crippen molar-refractivity contribution >= 4 is 23.3 Å². The summed E-state index contributed by atoms with van der Waals surface area (Å²) in [6.45, 7) is 0. The van der Waals surface area contributed by atoms with E-state index in [4.69, 9.17) is 21.1 Å². The lowest BCUT2D eigenvalue weighted by atomic mass is 9.59. The zero-order valence-electron chi connectivity index (χ0n) is 20.0. The number of carboxylic acids is 1. The number of nitrogens with one attached hydrogen (secondary N) is 1. The number of fused-ring (bicyclic) bond motifs is 2. The first-order valence-corrected chi connectivity index (χ1v) is 12.4. The molecule has 35 heavy (non-hydrogen) atoms. The minimum Gasteiger partial charge on any atom is -0.497 e. The Bertz CT molecular complexity index is 1230. The van der Waals surface area contributed by atoms with Gasteiger partial charge in [0.2, 0.25) is 0 Å². The van der Waals surface area contributed by atoms with Crippen LogP contribution < -0.4 is 14.8 Å². The molecule has 5 nitrogen and oxygen atoms in total. The molecule has 0 aliphatic heterocycles. The van der Waals surface area contributed by atoms with Crippen LogP contribution in [0.4, 0.5) is 5.69 Å². The summed E-state index contributed by atoms with van der Waals surface area (Å²) in [6, 6.07) is 22.0. The summed E-state index contributed by atoms with van der Waals surface area (Å²) in [4.78, 5) is 12.6. The molecule has 3 aromatic rings. The van der Waals surface area contributed by atoms with Gasteiger partial charge in [-0.25, -0.2) is 4.79 Å². The fourth-order valence-corrected chi connectivity index (χ4v) is 6.42. The topological polar surface area (TPSA) is 67.8 Å². The van der Waals surface area contributed by atoms with E-state index in [9.17, 15) is 9.90 Å². The maximum Gasteiger partial charge on any atom is 0.329 e. The molecular weight excluding hydrogens is 462 g/mol. The van der Waals surface area contributed by atoms with E-state index < -0.39 is 11.5 Å². The number of carbonyl (C=O) groups is 1. The van der Waals surface area contributed by atoms with Crippen LogP contribution in [0.5, 0.6) is 11.5 Å². The highest BCUT2D eigenvalue weighted by molar-refractivity contribution is 6.30. The van der Waals surface area contributed by atoms with Crippen molar-refractivity contribution in [3.8, 4) is 11.5 Å². The summed E-state index contributed by atoms with van der Waals surface area (Å²) in [5.41, 5.74) is 3.39. The SMILES string of the molecule is COc1cc(OC)cc([C@@H]2Cc3ccccc3C23CCC(Nc2cccc(Cl)c2)(C(=O)O)CC3)c1. The van der Waals surface area contributed by atoms with E-state index >= 15 is 0 Å². The second-order valence-electron chi connectivity index (χ2n) is 9.74. The maximum atomic E-state index is 12.6. The van der Waals surface area contributed by atoms with Crippen molar-refractivity contribution in [1.29, 1.82) is 0 Å². The van der Waals surface area contributed by atoms with E-state index in [1.54, 1.807) is 26.4 Å². The Hall–Kier alpha value is -3.18. The molecule has 1 fully saturated rings. The standard InChI is InChI=1S/C29H30ClNO4/c1-34-23-14-20(15-24(18-23)35-2)26-16-19-6-3-4-9-25(19)28(26)10-12-29(13-11-28,27(32)33)31-22-8-5-7-21(30)17-22/h3-9,14-15,17-18,26,31H,10-13,16H2,1-2H3,(H,32,33)/t26-,28?,29?/m0/s1. The van der Waals surface area contributed by atoms with Crippen molar-refractivity contribution < 1.29 is 19.4 Å². The van der Waals surface area contributed by atoms with E-state index in [-0.39, 0.29) is 11.3 Å². The van der Waals surface area contributed by atoms with E-state index in [2.05, 4.69) is 41.7 Å². The predicted molar refractivity (Wildman–Crippen MR) is 138 cm³/mol. The molecule has 0 saturated heterocycles. The molecule has 2 aliphatic rings. The Balaban J connectivity index is 1.53. The Morgan fingerprint density at radius 2 is 1.63 bits per heavy atom. The summed E-state index contributed by atoms with van der Waals surface area (Å²) < 4.78 is 11.1. The first kappa shape index (κ1) is 23.6. The molecule has 2 aliphatic carbocycles. The highest BCUT2D eigenvalue weighted by Crippen LogP contribution is 2.58. The number of carboxylic acid groups (broad SMARTS) is 1. The lowest BCUT2D eigenvalue weighted by molar-refractivity contribution is -0.144. The van der Waals surface area contributed by atoms with E-state index in [1.165, 1.54) is 16.7 Å². The van der Waals surface area contributed by atoms with Crippen molar-refractivity contribution in [2.75, 3.05) is 19.5 Å². The third-order valence-corrected chi connectivity index (χ3v) is 8.27. The van der Waals surface area contributed by atoms with Gasteiger partial charge in [-0.2, -0.15) is 0 Å². The summed E-state index contributed by atoms with van der Waals surface area (Å²) >= 11 is 6.17. The van der Waals surface area contributed by atoms with Gasteiger partial charge in [0.25, 0.3) is 0 Å². The van der Waals surface area contributed by atoms with Gasteiger partial charge in [0, 0.05) is 22.2 Å². The summed E-state index contributed by atoms with van der Waals surface area (Å²) in [7, 11) is 3.34. The van der Waals surface area contributed by atoms with Gasteiger partial charge in [-0.15, -0.1) is 0 Å². The molecule has 1 spiro atoms. The van der Waals surface area contributed by atoms with Gasteiger partial charge < -0.3 is 19.9 Å². The average Bonchev–Trinajstić information content (AvgIpc) is 3.19. The minimum atomic E-state index is -1.04. The van der Waals surface area contributed by atoms with Crippen LogP contribution in [0.1, 0.15) is 48.3 Å². The third kappa shape index (κ3) is 4.12. The molecular formula is C29H30ClNO4.